The van der Waals surface area contributed by atoms with Gasteiger partial charge < -0.3 is 14.4 Å². The number of halogens is 2. The van der Waals surface area contributed by atoms with Crippen LogP contribution in [0.5, 0.6) is 0 Å². The minimum absolute atomic E-state index is 0.0475. The lowest BCUT2D eigenvalue weighted by Gasteiger charge is -2.07. The molecule has 0 aliphatic heterocycles. The van der Waals surface area contributed by atoms with Crippen LogP contribution in [0.25, 0.3) is 0 Å². The first-order chi connectivity index (χ1) is 9.88. The van der Waals surface area contributed by atoms with Gasteiger partial charge in [0.05, 0.1) is 27.0 Å². The lowest BCUT2D eigenvalue weighted by atomic mass is 10.2. The Balaban J connectivity index is 2.23. The van der Waals surface area contributed by atoms with Gasteiger partial charge >= 0.3 is 5.97 Å². The van der Waals surface area contributed by atoms with E-state index in [1.807, 2.05) is 19.0 Å². The molecule has 7 heteroatoms. The van der Waals surface area contributed by atoms with Crippen molar-refractivity contribution in [2.75, 3.05) is 19.0 Å². The fraction of sp³-hybridized carbons (Fsp3) is 0.143. The van der Waals surface area contributed by atoms with Crippen LogP contribution in [0.2, 0.25) is 5.02 Å². The lowest BCUT2D eigenvalue weighted by Crippen LogP contribution is -2.07. The van der Waals surface area contributed by atoms with Gasteiger partial charge in [0.2, 0.25) is 5.88 Å². The van der Waals surface area contributed by atoms with Gasteiger partial charge in [-0.2, -0.15) is 0 Å². The number of nitrogens with zero attached hydrogens (tertiary/aromatic N) is 2. The Morgan fingerprint density at radius 1 is 1.43 bits per heavy atom. The van der Waals surface area contributed by atoms with E-state index in [1.165, 1.54) is 12.1 Å². The minimum atomic E-state index is -1.07. The van der Waals surface area contributed by atoms with Crippen LogP contribution in [0, 0.1) is 0 Å². The number of carboxylic acid groups (broad SMARTS) is 1. The first-order valence-electron chi connectivity index (χ1n) is 5.92. The normalized spacial score (nSPS) is 11.0. The summed E-state index contributed by atoms with van der Waals surface area (Å²) in [6.07, 6.45) is 1.55. The van der Waals surface area contributed by atoms with Gasteiger partial charge in [0, 0.05) is 20.2 Å². The van der Waals surface area contributed by atoms with Gasteiger partial charge in [0.1, 0.15) is 5.76 Å². The highest BCUT2D eigenvalue weighted by atomic mass is 79.9. The van der Waals surface area contributed by atoms with Crippen molar-refractivity contribution in [3.05, 3.63) is 45.1 Å². The Morgan fingerprint density at radius 2 is 2.14 bits per heavy atom. The molecule has 1 N–H and O–H groups in total. The second-order valence-electron chi connectivity index (χ2n) is 4.42. The number of hydrogen-bond acceptors (Lipinski definition) is 4. The number of rotatable bonds is 4. The Morgan fingerprint density at radius 3 is 2.67 bits per heavy atom. The lowest BCUT2D eigenvalue weighted by molar-refractivity contribution is 0.0697. The minimum Gasteiger partial charge on any atom is -0.478 e. The zero-order valence-corrected chi connectivity index (χ0v) is 13.6. The van der Waals surface area contributed by atoms with E-state index in [2.05, 4.69) is 20.9 Å². The summed E-state index contributed by atoms with van der Waals surface area (Å²) in [6, 6.07) is 6.29. The van der Waals surface area contributed by atoms with Crippen LogP contribution in [0.1, 0.15) is 16.1 Å². The van der Waals surface area contributed by atoms with Crippen molar-refractivity contribution in [2.24, 2.45) is 4.99 Å². The van der Waals surface area contributed by atoms with E-state index in [0.29, 0.717) is 17.3 Å². The molecule has 0 atom stereocenters. The molecule has 1 heterocycles. The maximum absolute atomic E-state index is 10.9. The highest BCUT2D eigenvalue weighted by molar-refractivity contribution is 9.10. The Labute approximate surface area is 135 Å². The molecule has 0 spiro atoms. The summed E-state index contributed by atoms with van der Waals surface area (Å²) in [6.45, 7) is 0. The second-order valence-corrected chi connectivity index (χ2v) is 5.69. The number of benzene rings is 1. The molecule has 0 unspecified atom stereocenters. The quantitative estimate of drug-likeness (QED) is 0.818. The van der Waals surface area contributed by atoms with Crippen molar-refractivity contribution in [1.82, 2.24) is 0 Å². The molecule has 0 amide bonds. The molecule has 5 nitrogen and oxygen atoms in total. The van der Waals surface area contributed by atoms with Gasteiger partial charge in [-0.15, -0.1) is 0 Å². The molecule has 0 aliphatic carbocycles. The smallest absolute Gasteiger partial charge is 0.337 e. The van der Waals surface area contributed by atoms with Crippen LogP contribution in [0.3, 0.4) is 0 Å². The van der Waals surface area contributed by atoms with Gasteiger partial charge in [0.25, 0.3) is 0 Å². The van der Waals surface area contributed by atoms with Gasteiger partial charge in [-0.25, -0.2) is 4.79 Å². The number of carbonyl (C=O) groups is 1. The summed E-state index contributed by atoms with van der Waals surface area (Å²) in [5, 5.41) is 9.05. The fourth-order valence-electron chi connectivity index (χ4n) is 1.64. The summed E-state index contributed by atoms with van der Waals surface area (Å²) in [7, 11) is 3.74. The maximum Gasteiger partial charge on any atom is 0.337 e. The molecule has 0 saturated heterocycles. The van der Waals surface area contributed by atoms with Crippen molar-refractivity contribution in [3.8, 4) is 0 Å². The second kappa shape index (κ2) is 6.32. The molecule has 21 heavy (non-hydrogen) atoms. The highest BCUT2D eigenvalue weighted by Gasteiger charge is 2.10. The third-order valence-corrected chi connectivity index (χ3v) is 3.50. The number of hydrogen-bond donors (Lipinski definition) is 1. The van der Waals surface area contributed by atoms with Crippen LogP contribution >= 0.6 is 27.5 Å². The largest absolute Gasteiger partial charge is 0.478 e. The highest BCUT2D eigenvalue weighted by Crippen LogP contribution is 2.28. The van der Waals surface area contributed by atoms with Crippen LogP contribution in [0.4, 0.5) is 11.6 Å². The number of anilines is 1. The topological polar surface area (TPSA) is 66.0 Å². The zero-order valence-electron chi connectivity index (χ0n) is 11.3. The van der Waals surface area contributed by atoms with Gasteiger partial charge in [0.15, 0.2) is 0 Å². The van der Waals surface area contributed by atoms with Crippen LogP contribution < -0.4 is 4.90 Å². The molecule has 2 aromatic rings. The fourth-order valence-corrected chi connectivity index (χ4v) is 2.56. The summed E-state index contributed by atoms with van der Waals surface area (Å²) >= 11 is 9.28. The van der Waals surface area contributed by atoms with Crippen molar-refractivity contribution >= 4 is 51.3 Å². The molecule has 1 aromatic heterocycles. The SMILES string of the molecule is CN(C)c1oc(C=Nc2ccc(C(=O)O)c(Cl)c2)cc1Br. The van der Waals surface area contributed by atoms with E-state index in [0.717, 1.165) is 4.47 Å². The van der Waals surface area contributed by atoms with Crippen LogP contribution in [0.15, 0.2) is 38.1 Å². The predicted octanol–water partition coefficient (Wildman–Crippen LogP) is 4.21. The van der Waals surface area contributed by atoms with Crippen molar-refractivity contribution in [2.45, 2.75) is 0 Å². The Kier molecular flexibility index (Phi) is 4.69. The predicted molar refractivity (Wildman–Crippen MR) is 86.4 cm³/mol. The molecule has 0 fully saturated rings. The van der Waals surface area contributed by atoms with Crippen molar-refractivity contribution in [3.63, 3.8) is 0 Å². The van der Waals surface area contributed by atoms with E-state index in [4.69, 9.17) is 21.1 Å². The molecule has 110 valence electrons. The number of aliphatic imine (C=N–C) groups is 1. The van der Waals surface area contributed by atoms with Gasteiger partial charge in [-0.1, -0.05) is 11.6 Å². The monoisotopic (exact) mass is 370 g/mol. The molecular weight excluding hydrogens is 360 g/mol. The van der Waals surface area contributed by atoms with E-state index >= 15 is 0 Å². The third-order valence-electron chi connectivity index (χ3n) is 2.62. The van der Waals surface area contributed by atoms with Crippen LogP contribution in [-0.4, -0.2) is 31.4 Å². The molecule has 0 aliphatic rings. The average molecular weight is 372 g/mol. The summed E-state index contributed by atoms with van der Waals surface area (Å²) < 4.78 is 6.42. The molecule has 0 radical (unpaired) electrons. The Bertz CT molecular complexity index is 710. The number of furan rings is 1. The summed E-state index contributed by atoms with van der Waals surface area (Å²) in [4.78, 5) is 16.9. The van der Waals surface area contributed by atoms with E-state index in [9.17, 15) is 4.79 Å². The molecule has 0 bridgehead atoms. The zero-order chi connectivity index (χ0) is 15.6. The first kappa shape index (κ1) is 15.6. The molecule has 1 aromatic carbocycles. The van der Waals surface area contributed by atoms with E-state index in [1.54, 1.807) is 18.3 Å². The van der Waals surface area contributed by atoms with E-state index < -0.39 is 5.97 Å². The number of carboxylic acids is 1. The summed E-state index contributed by atoms with van der Waals surface area (Å²) in [5.41, 5.74) is 0.593. The van der Waals surface area contributed by atoms with Crippen molar-refractivity contribution < 1.29 is 14.3 Å². The molecule has 2 rings (SSSR count). The maximum atomic E-state index is 10.9. The number of aromatic carboxylic acids is 1. The molecular formula is C14H12BrClN2O3. The van der Waals surface area contributed by atoms with Gasteiger partial charge in [-0.3, -0.25) is 4.99 Å². The average Bonchev–Trinajstić information content (AvgIpc) is 2.77. The summed E-state index contributed by atoms with van der Waals surface area (Å²) in [5.74, 6) is 0.195. The Hall–Kier alpha value is -1.79. The van der Waals surface area contributed by atoms with E-state index in [-0.39, 0.29) is 10.6 Å². The standard InChI is InChI=1S/C14H12BrClN2O3/c1-18(2)13-11(15)6-9(21-13)7-17-8-3-4-10(14(19)20)12(16)5-8/h3-7H,1-2H3,(H,19,20). The van der Waals surface area contributed by atoms with Crippen LogP contribution in [-0.2, 0) is 0 Å². The van der Waals surface area contributed by atoms with Gasteiger partial charge in [-0.05, 0) is 34.1 Å². The third kappa shape index (κ3) is 3.65. The molecule has 0 saturated carbocycles. The van der Waals surface area contributed by atoms with Crippen molar-refractivity contribution in [1.29, 1.82) is 0 Å². The first-order valence-corrected chi connectivity index (χ1v) is 7.09.